The van der Waals surface area contributed by atoms with E-state index in [1.165, 1.54) is 12.1 Å². The van der Waals surface area contributed by atoms with E-state index in [9.17, 15) is 14.9 Å². The van der Waals surface area contributed by atoms with E-state index in [1.54, 1.807) is 19.1 Å². The fourth-order valence-electron chi connectivity index (χ4n) is 3.09. The number of nitro benzene ring substituents is 1. The lowest BCUT2D eigenvalue weighted by atomic mass is 10.0. The van der Waals surface area contributed by atoms with Gasteiger partial charge in [0.1, 0.15) is 11.8 Å². The highest BCUT2D eigenvalue weighted by molar-refractivity contribution is 5.99. The molecule has 3 rings (SSSR count). The maximum atomic E-state index is 12.5. The van der Waals surface area contributed by atoms with E-state index in [0.29, 0.717) is 24.3 Å². The highest BCUT2D eigenvalue weighted by Gasteiger charge is 2.30. The summed E-state index contributed by atoms with van der Waals surface area (Å²) in [7, 11) is 0. The molecule has 2 atom stereocenters. The Hall–Kier alpha value is -3.30. The van der Waals surface area contributed by atoms with Crippen LogP contribution in [0.1, 0.15) is 43.9 Å². The summed E-state index contributed by atoms with van der Waals surface area (Å²) < 4.78 is 5.59. The van der Waals surface area contributed by atoms with Crippen LogP contribution in [0.15, 0.2) is 53.6 Å². The van der Waals surface area contributed by atoms with Crippen molar-refractivity contribution >= 4 is 17.3 Å². The molecule has 9 nitrogen and oxygen atoms in total. The summed E-state index contributed by atoms with van der Waals surface area (Å²) in [5, 5.41) is 15.0. The first kappa shape index (κ1) is 21.4. The van der Waals surface area contributed by atoms with Crippen LogP contribution in [0, 0.1) is 10.1 Å². The molecule has 1 aliphatic heterocycles. The second kappa shape index (κ2) is 9.95. The van der Waals surface area contributed by atoms with E-state index in [0.717, 1.165) is 17.7 Å². The summed E-state index contributed by atoms with van der Waals surface area (Å²) in [5.41, 5.74) is 10.7. The van der Waals surface area contributed by atoms with E-state index in [2.05, 4.69) is 28.3 Å². The summed E-state index contributed by atoms with van der Waals surface area (Å²) >= 11 is 0. The molecule has 2 unspecified atom stereocenters. The van der Waals surface area contributed by atoms with Gasteiger partial charge in [0.2, 0.25) is 0 Å². The largest absolute Gasteiger partial charge is 0.494 e. The quantitative estimate of drug-likeness (QED) is 0.349. The minimum atomic E-state index is -0.466. The molecule has 158 valence electrons. The van der Waals surface area contributed by atoms with Gasteiger partial charge in [-0.1, -0.05) is 31.2 Å². The molecule has 0 aliphatic carbocycles. The molecule has 0 spiro atoms. The van der Waals surface area contributed by atoms with Crippen LogP contribution in [0.4, 0.5) is 5.69 Å². The lowest BCUT2D eigenvalue weighted by molar-refractivity contribution is -0.384. The summed E-state index contributed by atoms with van der Waals surface area (Å²) in [5.74, 6) is 0.546. The maximum Gasteiger partial charge on any atom is 0.270 e. The molecule has 1 amide bonds. The van der Waals surface area contributed by atoms with Gasteiger partial charge in [-0.2, -0.15) is 5.10 Å². The number of non-ortho nitro benzene ring substituents is 1. The molecular formula is C21H25N5O4. The van der Waals surface area contributed by atoms with Gasteiger partial charge in [-0.15, -0.1) is 0 Å². The van der Waals surface area contributed by atoms with Crippen molar-refractivity contribution in [1.82, 2.24) is 16.3 Å². The van der Waals surface area contributed by atoms with Crippen LogP contribution in [0.5, 0.6) is 5.75 Å². The average molecular weight is 411 g/mol. The zero-order valence-corrected chi connectivity index (χ0v) is 16.9. The van der Waals surface area contributed by atoms with Crippen LogP contribution in [-0.2, 0) is 4.79 Å². The molecule has 30 heavy (non-hydrogen) atoms. The fraction of sp³-hybridized carbons (Fsp3) is 0.333. The molecule has 3 N–H and O–H groups in total. The zero-order valence-electron chi connectivity index (χ0n) is 16.9. The number of ether oxygens (including phenoxy) is 1. The number of hydrazone groups is 1. The normalized spacial score (nSPS) is 18.8. The molecule has 1 fully saturated rings. The Bertz CT molecular complexity index is 929. The van der Waals surface area contributed by atoms with E-state index in [-0.39, 0.29) is 17.6 Å². The number of benzene rings is 2. The van der Waals surface area contributed by atoms with Gasteiger partial charge in [0.15, 0.2) is 0 Å². The Labute approximate surface area is 174 Å². The van der Waals surface area contributed by atoms with Crippen LogP contribution in [0.25, 0.3) is 0 Å². The average Bonchev–Trinajstić information content (AvgIpc) is 3.26. The minimum Gasteiger partial charge on any atom is -0.494 e. The van der Waals surface area contributed by atoms with Gasteiger partial charge in [0.25, 0.3) is 11.6 Å². The van der Waals surface area contributed by atoms with E-state index in [4.69, 9.17) is 4.74 Å². The van der Waals surface area contributed by atoms with Crippen molar-refractivity contribution in [3.8, 4) is 5.75 Å². The highest BCUT2D eigenvalue weighted by atomic mass is 16.6. The zero-order chi connectivity index (χ0) is 21.5. The fourth-order valence-corrected chi connectivity index (χ4v) is 3.09. The van der Waals surface area contributed by atoms with Gasteiger partial charge >= 0.3 is 0 Å². The second-order valence-electron chi connectivity index (χ2n) is 7.03. The molecular weight excluding hydrogens is 386 g/mol. The van der Waals surface area contributed by atoms with E-state index in [1.807, 2.05) is 24.3 Å². The predicted octanol–water partition coefficient (Wildman–Crippen LogP) is 2.83. The molecule has 2 aromatic rings. The van der Waals surface area contributed by atoms with Crippen molar-refractivity contribution in [3.63, 3.8) is 0 Å². The van der Waals surface area contributed by atoms with Crippen LogP contribution in [0.2, 0.25) is 0 Å². The smallest absolute Gasteiger partial charge is 0.270 e. The summed E-state index contributed by atoms with van der Waals surface area (Å²) in [6, 6.07) is 13.5. The molecule has 1 saturated heterocycles. The van der Waals surface area contributed by atoms with Crippen molar-refractivity contribution in [1.29, 1.82) is 0 Å². The number of hydrogen-bond acceptors (Lipinski definition) is 7. The van der Waals surface area contributed by atoms with Crippen LogP contribution < -0.4 is 21.0 Å². The van der Waals surface area contributed by atoms with Crippen molar-refractivity contribution in [3.05, 3.63) is 69.8 Å². The van der Waals surface area contributed by atoms with Gasteiger partial charge in [0, 0.05) is 23.7 Å². The third-order valence-corrected chi connectivity index (χ3v) is 4.78. The number of carbonyl (C=O) groups is 1. The second-order valence-corrected chi connectivity index (χ2v) is 7.03. The third kappa shape index (κ3) is 5.40. The lowest BCUT2D eigenvalue weighted by Gasteiger charge is -2.11. The molecule has 0 radical (unpaired) electrons. The first-order valence-electron chi connectivity index (χ1n) is 9.80. The third-order valence-electron chi connectivity index (χ3n) is 4.78. The number of nitrogens with one attached hydrogen (secondary N) is 3. The number of hydrazine groups is 1. The molecule has 9 heteroatoms. The van der Waals surface area contributed by atoms with Crippen molar-refractivity contribution in [2.24, 2.45) is 5.10 Å². The molecule has 1 heterocycles. The van der Waals surface area contributed by atoms with Gasteiger partial charge in [0.05, 0.1) is 17.2 Å². The van der Waals surface area contributed by atoms with Gasteiger partial charge < -0.3 is 4.74 Å². The Kier molecular flexibility index (Phi) is 7.10. The van der Waals surface area contributed by atoms with Crippen LogP contribution >= 0.6 is 0 Å². The SMILES string of the molecule is CCCOc1ccc(C2CC(C(=O)N/N=C(\C)c3cccc([N+](=O)[O-])c3)NN2)cc1. The highest BCUT2D eigenvalue weighted by Crippen LogP contribution is 2.24. The Morgan fingerprint density at radius 2 is 2.03 bits per heavy atom. The Balaban J connectivity index is 1.56. The van der Waals surface area contributed by atoms with Crippen molar-refractivity contribution < 1.29 is 14.5 Å². The summed E-state index contributed by atoms with van der Waals surface area (Å²) in [6.45, 7) is 4.43. The number of hydrogen-bond donors (Lipinski definition) is 3. The molecule has 2 aromatic carbocycles. The first-order chi connectivity index (χ1) is 14.5. The molecule has 0 saturated carbocycles. The molecule has 0 bridgehead atoms. The number of amides is 1. The molecule has 1 aliphatic rings. The standard InChI is InChI=1S/C21H25N5O4/c1-3-11-30-18-9-7-15(8-10-18)19-13-20(24-23-19)21(27)25-22-14(2)16-5-4-6-17(12-16)26(28)29/h4-10,12,19-20,23-24H,3,11,13H2,1-2H3,(H,25,27)/b22-14+. The number of rotatable bonds is 8. The van der Waals surface area contributed by atoms with Crippen LogP contribution in [-0.4, -0.2) is 29.2 Å². The lowest BCUT2D eigenvalue weighted by Crippen LogP contribution is -2.41. The summed E-state index contributed by atoms with van der Waals surface area (Å²) in [4.78, 5) is 22.9. The van der Waals surface area contributed by atoms with Crippen LogP contribution in [0.3, 0.4) is 0 Å². The van der Waals surface area contributed by atoms with E-state index >= 15 is 0 Å². The molecule has 0 aromatic heterocycles. The number of nitro groups is 1. The van der Waals surface area contributed by atoms with Crippen molar-refractivity contribution in [2.45, 2.75) is 38.8 Å². The Morgan fingerprint density at radius 1 is 1.27 bits per heavy atom. The number of nitrogens with zero attached hydrogens (tertiary/aromatic N) is 2. The minimum absolute atomic E-state index is 0.0113. The van der Waals surface area contributed by atoms with Crippen molar-refractivity contribution in [2.75, 3.05) is 6.61 Å². The van der Waals surface area contributed by atoms with Gasteiger partial charge in [-0.3, -0.25) is 14.9 Å². The maximum absolute atomic E-state index is 12.5. The first-order valence-corrected chi connectivity index (χ1v) is 9.80. The number of carbonyl (C=O) groups excluding carboxylic acids is 1. The Morgan fingerprint density at radius 3 is 2.73 bits per heavy atom. The monoisotopic (exact) mass is 411 g/mol. The van der Waals surface area contributed by atoms with E-state index < -0.39 is 11.0 Å². The predicted molar refractivity (Wildman–Crippen MR) is 113 cm³/mol. The van der Waals surface area contributed by atoms with Gasteiger partial charge in [-0.25, -0.2) is 16.3 Å². The summed E-state index contributed by atoms with van der Waals surface area (Å²) in [6.07, 6.45) is 1.52. The topological polar surface area (TPSA) is 118 Å². The van der Waals surface area contributed by atoms with Gasteiger partial charge in [-0.05, 0) is 37.5 Å².